The second kappa shape index (κ2) is 5.44. The molecule has 1 aliphatic heterocycles. The molecule has 0 spiro atoms. The van der Waals surface area contributed by atoms with E-state index in [9.17, 15) is 0 Å². The molecular formula is C17H27N. The molecule has 18 heavy (non-hydrogen) atoms. The van der Waals surface area contributed by atoms with Gasteiger partial charge in [-0.05, 0) is 35.4 Å². The molecule has 1 aliphatic rings. The number of hydrogen-bond donors (Lipinski definition) is 0. The highest BCUT2D eigenvalue weighted by atomic mass is 15.1. The van der Waals surface area contributed by atoms with Gasteiger partial charge in [-0.15, -0.1) is 0 Å². The Kier molecular flexibility index (Phi) is 4.11. The molecule has 0 amide bonds. The van der Waals surface area contributed by atoms with Crippen LogP contribution in [-0.2, 0) is 12.0 Å². The Balaban J connectivity index is 1.95. The van der Waals surface area contributed by atoms with Crippen LogP contribution in [-0.4, -0.2) is 18.0 Å². The zero-order valence-corrected chi connectivity index (χ0v) is 12.4. The fourth-order valence-corrected chi connectivity index (χ4v) is 2.76. The molecule has 1 atom stereocenters. The van der Waals surface area contributed by atoms with Gasteiger partial charge >= 0.3 is 0 Å². The molecule has 1 heterocycles. The maximum Gasteiger partial charge on any atom is 0.0233 e. The van der Waals surface area contributed by atoms with Crippen molar-refractivity contribution in [2.24, 2.45) is 5.92 Å². The standard InChI is InChI=1S/C17H27N/c1-5-14-10-11-18(12-14)13-15-6-8-16(9-7-15)17(2,3)4/h6-9,14H,5,10-13H2,1-4H3/t14-/m1/s1. The van der Waals surface area contributed by atoms with Crippen molar-refractivity contribution in [3.63, 3.8) is 0 Å². The van der Waals surface area contributed by atoms with Crippen LogP contribution in [0.4, 0.5) is 0 Å². The number of likely N-dealkylation sites (tertiary alicyclic amines) is 1. The molecule has 0 aromatic heterocycles. The topological polar surface area (TPSA) is 3.24 Å². The van der Waals surface area contributed by atoms with Crippen molar-refractivity contribution in [3.05, 3.63) is 35.4 Å². The fraction of sp³-hybridized carbons (Fsp3) is 0.647. The monoisotopic (exact) mass is 245 g/mol. The highest BCUT2D eigenvalue weighted by Gasteiger charge is 2.20. The summed E-state index contributed by atoms with van der Waals surface area (Å²) in [5.41, 5.74) is 3.15. The first-order valence-corrected chi connectivity index (χ1v) is 7.31. The van der Waals surface area contributed by atoms with E-state index in [1.807, 2.05) is 0 Å². The van der Waals surface area contributed by atoms with Crippen LogP contribution in [0, 0.1) is 5.92 Å². The normalized spacial score (nSPS) is 21.4. The van der Waals surface area contributed by atoms with Crippen LogP contribution in [0.3, 0.4) is 0 Å². The minimum Gasteiger partial charge on any atom is -0.299 e. The van der Waals surface area contributed by atoms with Crippen LogP contribution in [0.2, 0.25) is 0 Å². The zero-order chi connectivity index (χ0) is 13.2. The second-order valence-electron chi connectivity index (χ2n) is 6.74. The summed E-state index contributed by atoms with van der Waals surface area (Å²) in [6, 6.07) is 9.20. The summed E-state index contributed by atoms with van der Waals surface area (Å²) in [4.78, 5) is 2.60. The van der Waals surface area contributed by atoms with E-state index in [-0.39, 0.29) is 5.41 Å². The molecule has 2 rings (SSSR count). The largest absolute Gasteiger partial charge is 0.299 e. The highest BCUT2D eigenvalue weighted by molar-refractivity contribution is 5.27. The maximum atomic E-state index is 2.60. The number of benzene rings is 1. The van der Waals surface area contributed by atoms with Gasteiger partial charge in [-0.2, -0.15) is 0 Å². The lowest BCUT2D eigenvalue weighted by Gasteiger charge is -2.20. The molecule has 0 N–H and O–H groups in total. The second-order valence-corrected chi connectivity index (χ2v) is 6.74. The molecular weight excluding hydrogens is 218 g/mol. The van der Waals surface area contributed by atoms with Gasteiger partial charge in [0.05, 0.1) is 0 Å². The number of rotatable bonds is 3. The first kappa shape index (κ1) is 13.6. The molecule has 1 heteroatoms. The average molecular weight is 245 g/mol. The quantitative estimate of drug-likeness (QED) is 0.771. The molecule has 1 fully saturated rings. The summed E-state index contributed by atoms with van der Waals surface area (Å²) in [5, 5.41) is 0. The average Bonchev–Trinajstić information content (AvgIpc) is 2.76. The fourth-order valence-electron chi connectivity index (χ4n) is 2.76. The molecule has 0 radical (unpaired) electrons. The molecule has 0 unspecified atom stereocenters. The third-order valence-electron chi connectivity index (χ3n) is 4.17. The smallest absolute Gasteiger partial charge is 0.0233 e. The van der Waals surface area contributed by atoms with Gasteiger partial charge in [0.1, 0.15) is 0 Å². The van der Waals surface area contributed by atoms with Gasteiger partial charge in [0.25, 0.3) is 0 Å². The van der Waals surface area contributed by atoms with E-state index in [1.165, 1.54) is 37.1 Å². The van der Waals surface area contributed by atoms with Crippen molar-refractivity contribution in [1.29, 1.82) is 0 Å². The predicted octanol–water partition coefficient (Wildman–Crippen LogP) is 4.22. The lowest BCUT2D eigenvalue weighted by Crippen LogP contribution is -2.20. The maximum absolute atomic E-state index is 2.60. The SMILES string of the molecule is CC[C@@H]1CCN(Cc2ccc(C(C)(C)C)cc2)C1. The van der Waals surface area contributed by atoms with Gasteiger partial charge in [0, 0.05) is 13.1 Å². The van der Waals surface area contributed by atoms with Gasteiger partial charge in [0.15, 0.2) is 0 Å². The minimum absolute atomic E-state index is 0.263. The van der Waals surface area contributed by atoms with Crippen molar-refractivity contribution < 1.29 is 0 Å². The van der Waals surface area contributed by atoms with E-state index >= 15 is 0 Å². The van der Waals surface area contributed by atoms with Crippen LogP contribution < -0.4 is 0 Å². The van der Waals surface area contributed by atoms with Gasteiger partial charge in [0.2, 0.25) is 0 Å². The van der Waals surface area contributed by atoms with Gasteiger partial charge in [-0.1, -0.05) is 58.4 Å². The summed E-state index contributed by atoms with van der Waals surface area (Å²) in [7, 11) is 0. The Labute approximate surface area is 112 Å². The van der Waals surface area contributed by atoms with Crippen molar-refractivity contribution in [2.75, 3.05) is 13.1 Å². The molecule has 0 aliphatic carbocycles. The summed E-state index contributed by atoms with van der Waals surface area (Å²) in [6.07, 6.45) is 2.72. The third kappa shape index (κ3) is 3.35. The summed E-state index contributed by atoms with van der Waals surface area (Å²) in [5.74, 6) is 0.929. The molecule has 1 nitrogen and oxygen atoms in total. The third-order valence-corrected chi connectivity index (χ3v) is 4.17. The molecule has 1 saturated heterocycles. The van der Waals surface area contributed by atoms with Crippen LogP contribution >= 0.6 is 0 Å². The minimum atomic E-state index is 0.263. The van der Waals surface area contributed by atoms with E-state index in [2.05, 4.69) is 56.9 Å². The molecule has 0 bridgehead atoms. The van der Waals surface area contributed by atoms with E-state index < -0.39 is 0 Å². The Morgan fingerprint density at radius 2 is 1.83 bits per heavy atom. The van der Waals surface area contributed by atoms with Gasteiger partial charge in [-0.3, -0.25) is 4.90 Å². The molecule has 100 valence electrons. The Morgan fingerprint density at radius 3 is 2.33 bits per heavy atom. The Bertz CT molecular complexity index is 372. The lowest BCUT2D eigenvalue weighted by atomic mass is 9.87. The van der Waals surface area contributed by atoms with Gasteiger partial charge in [-0.25, -0.2) is 0 Å². The van der Waals surface area contributed by atoms with Crippen molar-refractivity contribution >= 4 is 0 Å². The van der Waals surface area contributed by atoms with Crippen LogP contribution in [0.1, 0.15) is 51.7 Å². The first-order valence-electron chi connectivity index (χ1n) is 7.31. The number of nitrogens with zero attached hydrogens (tertiary/aromatic N) is 1. The van der Waals surface area contributed by atoms with E-state index in [0.717, 1.165) is 12.5 Å². The predicted molar refractivity (Wildman–Crippen MR) is 78.8 cm³/mol. The van der Waals surface area contributed by atoms with Crippen LogP contribution in [0.25, 0.3) is 0 Å². The Morgan fingerprint density at radius 1 is 1.17 bits per heavy atom. The zero-order valence-electron chi connectivity index (χ0n) is 12.4. The van der Waals surface area contributed by atoms with Gasteiger partial charge < -0.3 is 0 Å². The van der Waals surface area contributed by atoms with Crippen molar-refractivity contribution in [2.45, 2.75) is 52.5 Å². The van der Waals surface area contributed by atoms with Crippen molar-refractivity contribution in [1.82, 2.24) is 4.90 Å². The van der Waals surface area contributed by atoms with E-state index in [4.69, 9.17) is 0 Å². The van der Waals surface area contributed by atoms with E-state index in [0.29, 0.717) is 0 Å². The van der Waals surface area contributed by atoms with E-state index in [1.54, 1.807) is 0 Å². The summed E-state index contributed by atoms with van der Waals surface area (Å²) >= 11 is 0. The van der Waals surface area contributed by atoms with Crippen LogP contribution in [0.5, 0.6) is 0 Å². The van der Waals surface area contributed by atoms with Crippen molar-refractivity contribution in [3.8, 4) is 0 Å². The Hall–Kier alpha value is -0.820. The lowest BCUT2D eigenvalue weighted by molar-refractivity contribution is 0.315. The molecule has 0 saturated carbocycles. The molecule has 1 aromatic rings. The highest BCUT2D eigenvalue weighted by Crippen LogP contribution is 2.24. The first-order chi connectivity index (χ1) is 8.49. The summed E-state index contributed by atoms with van der Waals surface area (Å²) < 4.78 is 0. The summed E-state index contributed by atoms with van der Waals surface area (Å²) in [6.45, 7) is 12.8. The molecule has 1 aromatic carbocycles. The number of hydrogen-bond acceptors (Lipinski definition) is 1. The van der Waals surface area contributed by atoms with Crippen LogP contribution in [0.15, 0.2) is 24.3 Å².